The Labute approximate surface area is 441 Å². The molecule has 23 heteroatoms. The minimum absolute atomic E-state index is 0.0220. The molecule has 0 saturated heterocycles. The number of nitrogens with two attached hydrogens (primary N) is 1. The van der Waals surface area contributed by atoms with Gasteiger partial charge in [0.2, 0.25) is 23.3 Å². The van der Waals surface area contributed by atoms with Gasteiger partial charge in [0.05, 0.1) is 131 Å². The number of hydrogen-bond donors (Lipinski definition) is 1. The van der Waals surface area contributed by atoms with Crippen LogP contribution in [0.4, 0.5) is 17.6 Å². The molecular weight excluding hydrogens is 1020 g/mol. The lowest BCUT2D eigenvalue weighted by atomic mass is 10.1. The van der Waals surface area contributed by atoms with E-state index in [4.69, 9.17) is 57.8 Å². The highest BCUT2D eigenvalue weighted by Crippen LogP contribution is 2.27. The van der Waals surface area contributed by atoms with Crippen LogP contribution < -0.4 is 10.5 Å². The Morgan fingerprint density at radius 2 is 1.04 bits per heavy atom. The average Bonchev–Trinajstić information content (AvgIpc) is 3.40. The zero-order valence-corrected chi connectivity index (χ0v) is 44.4. The van der Waals surface area contributed by atoms with Crippen LogP contribution in [-0.2, 0) is 69.7 Å². The van der Waals surface area contributed by atoms with E-state index in [0.717, 1.165) is 29.5 Å². The fourth-order valence-corrected chi connectivity index (χ4v) is 6.84. The van der Waals surface area contributed by atoms with Gasteiger partial charge in [0.15, 0.2) is 17.2 Å². The normalized spacial score (nSPS) is 12.6. The second-order valence-corrected chi connectivity index (χ2v) is 17.5. The Morgan fingerprint density at radius 3 is 1.47 bits per heavy atom. The highest BCUT2D eigenvalue weighted by Gasteiger charge is 2.23. The Bertz CT molecular complexity index is 1960. The molecule has 2 atom stereocenters. The minimum atomic E-state index is -1.80. The molecule has 3 aromatic carbocycles. The minimum Gasteiger partial charge on any atom is -0.465 e. The van der Waals surface area contributed by atoms with Crippen molar-refractivity contribution in [2.24, 2.45) is 15.9 Å². The summed E-state index contributed by atoms with van der Waals surface area (Å²) in [7, 11) is 0. The van der Waals surface area contributed by atoms with E-state index in [1.54, 1.807) is 11.8 Å². The van der Waals surface area contributed by atoms with Crippen LogP contribution in [0.25, 0.3) is 0 Å². The number of carbonyl (C=O) groups excluding carboxylic acids is 1. The third kappa shape index (κ3) is 28.9. The highest BCUT2D eigenvalue weighted by atomic mass is 32.2. The first kappa shape index (κ1) is 64.5. The van der Waals surface area contributed by atoms with E-state index < -0.39 is 41.4 Å². The van der Waals surface area contributed by atoms with Crippen LogP contribution in [-0.4, -0.2) is 186 Å². The van der Waals surface area contributed by atoms with Gasteiger partial charge in [-0.25, -0.2) is 8.78 Å². The molecule has 0 radical (unpaired) electrons. The molecule has 3 aromatic rings. The summed E-state index contributed by atoms with van der Waals surface area (Å²) in [4.78, 5) is 14.1. The summed E-state index contributed by atoms with van der Waals surface area (Å²) in [5.41, 5.74) is 9.73. The van der Waals surface area contributed by atoms with Crippen molar-refractivity contribution in [2.75, 3.05) is 157 Å². The number of carbonyl (C=O) groups is 1. The summed E-state index contributed by atoms with van der Waals surface area (Å²) in [6.45, 7) is 14.2. The Hall–Kier alpha value is -3.79. The van der Waals surface area contributed by atoms with Crippen LogP contribution in [0.15, 0.2) is 64.8 Å². The van der Waals surface area contributed by atoms with Crippen molar-refractivity contribution in [3.8, 4) is 5.75 Å². The summed E-state index contributed by atoms with van der Waals surface area (Å²) < 4.78 is 121. The van der Waals surface area contributed by atoms with Crippen LogP contribution in [0.1, 0.15) is 41.7 Å². The van der Waals surface area contributed by atoms with Crippen LogP contribution >= 0.6 is 23.5 Å². The van der Waals surface area contributed by atoms with Gasteiger partial charge in [0.25, 0.3) is 0 Å². The molecule has 0 amide bonds. The molecule has 0 heterocycles. The zero-order valence-electron chi connectivity index (χ0n) is 42.8. The Kier molecular flexibility index (Phi) is 36.1. The quantitative estimate of drug-likeness (QED) is 0.00713. The second kappa shape index (κ2) is 41.4. The highest BCUT2D eigenvalue weighted by molar-refractivity contribution is 7.99. The number of nitrogens with zero attached hydrogens (tertiary/aromatic N) is 3. The topological polar surface area (TPSA) is 182 Å². The van der Waals surface area contributed by atoms with E-state index in [2.05, 4.69) is 50.8 Å². The third-order valence-corrected chi connectivity index (χ3v) is 11.3. The lowest BCUT2D eigenvalue weighted by Crippen LogP contribution is -2.34. The summed E-state index contributed by atoms with van der Waals surface area (Å²) in [5, 5.41) is 7.56. The average molecular weight is 1090 g/mol. The van der Waals surface area contributed by atoms with Crippen molar-refractivity contribution < 1.29 is 79.2 Å². The largest absolute Gasteiger partial charge is 0.465 e. The molecule has 17 nitrogen and oxygen atoms in total. The van der Waals surface area contributed by atoms with Crippen molar-refractivity contribution >= 4 is 42.1 Å². The number of benzene rings is 3. The standard InChI is InChI=1S/C51H74F4N4O13S2/c1-39(71-51(56)74-4)42-9-5-40(6-10-42)13-19-61-25-31-67-34-28-64-22-16-59(18-24-66-30-36-69-33-27-63-21-15-46(60)72-49-47(54)44(52)37-45(53)48(49)55)17-23-65-29-35-68-32-26-62-20-14-41-7-11-43(12-8-41)50(58-57-2)70-38-73-3/h5-12,37,39,51H,2,13-36,38,56H2,1,3-4H3/b58-50-. The lowest BCUT2D eigenvalue weighted by molar-refractivity contribution is -0.136. The van der Waals surface area contributed by atoms with E-state index >= 15 is 0 Å². The van der Waals surface area contributed by atoms with Crippen LogP contribution in [0.3, 0.4) is 0 Å². The number of rotatable bonds is 45. The molecule has 3 rings (SSSR count). The third-order valence-electron chi connectivity index (χ3n) is 10.4. The van der Waals surface area contributed by atoms with Gasteiger partial charge < -0.3 is 56.8 Å². The monoisotopic (exact) mass is 1090 g/mol. The van der Waals surface area contributed by atoms with Gasteiger partial charge in [0, 0.05) is 38.0 Å². The molecule has 0 aliphatic rings. The fourth-order valence-electron chi connectivity index (χ4n) is 6.34. The molecule has 74 heavy (non-hydrogen) atoms. The molecular formula is C51H74F4N4O13S2. The number of thioether (sulfide) groups is 2. The van der Waals surface area contributed by atoms with E-state index in [-0.39, 0.29) is 44.2 Å². The maximum atomic E-state index is 13.7. The smallest absolute Gasteiger partial charge is 0.313 e. The summed E-state index contributed by atoms with van der Waals surface area (Å²) >= 11 is 3.01. The molecule has 2 N–H and O–H groups in total. The van der Waals surface area contributed by atoms with Gasteiger partial charge in [-0.3, -0.25) is 15.4 Å². The number of halogens is 4. The first-order valence-corrected chi connectivity index (χ1v) is 27.0. The number of esters is 1. The van der Waals surface area contributed by atoms with E-state index in [1.165, 1.54) is 17.3 Å². The van der Waals surface area contributed by atoms with Gasteiger partial charge in [-0.05, 0) is 61.1 Å². The van der Waals surface area contributed by atoms with Crippen LogP contribution in [0, 0.1) is 23.3 Å². The zero-order chi connectivity index (χ0) is 53.4. The van der Waals surface area contributed by atoms with Gasteiger partial charge in [-0.2, -0.15) is 13.9 Å². The maximum absolute atomic E-state index is 13.7. The predicted octanol–water partition coefficient (Wildman–Crippen LogP) is 6.86. The van der Waals surface area contributed by atoms with Crippen LogP contribution in [0.2, 0.25) is 0 Å². The molecule has 416 valence electrons. The molecule has 0 aliphatic carbocycles. The SMILES string of the molecule is C=N/N=C(\OCSC)c1ccc(CCOCCOCCOCCN(CCOCCOCCOCCC(=O)Oc2c(F)c(F)cc(F)c2F)CCOCCOCCOCCc2ccc(C(C)OC(N)SC)cc2)cc1. The lowest BCUT2D eigenvalue weighted by Gasteiger charge is -2.22. The second-order valence-electron chi connectivity index (χ2n) is 15.8. The molecule has 0 spiro atoms. The summed E-state index contributed by atoms with van der Waals surface area (Å²) in [6, 6.07) is 16.2. The fraction of sp³-hybridized carbons (Fsp3) is 0.588. The van der Waals surface area contributed by atoms with Crippen LogP contribution in [0.5, 0.6) is 5.75 Å². The van der Waals surface area contributed by atoms with Gasteiger partial charge in [0.1, 0.15) is 5.94 Å². The summed E-state index contributed by atoms with van der Waals surface area (Å²) in [5.74, 6) is -8.63. The molecule has 0 aliphatic heterocycles. The Balaban J connectivity index is 1.25. The summed E-state index contributed by atoms with van der Waals surface area (Å²) in [6.07, 6.45) is 4.90. The Morgan fingerprint density at radius 1 is 0.622 bits per heavy atom. The molecule has 0 bridgehead atoms. The van der Waals surface area contributed by atoms with Crippen molar-refractivity contribution in [1.29, 1.82) is 0 Å². The number of ether oxygens (including phenoxy) is 12. The first-order valence-electron chi connectivity index (χ1n) is 24.3. The molecule has 0 fully saturated rings. The molecule has 0 aromatic heterocycles. The molecule has 2 unspecified atom stereocenters. The maximum Gasteiger partial charge on any atom is 0.313 e. The van der Waals surface area contributed by atoms with Gasteiger partial charge in [-0.15, -0.1) is 28.6 Å². The first-order chi connectivity index (χ1) is 36.1. The predicted molar refractivity (Wildman–Crippen MR) is 277 cm³/mol. The van der Waals surface area contributed by atoms with E-state index in [1.807, 2.05) is 43.7 Å². The van der Waals surface area contributed by atoms with Crippen molar-refractivity contribution in [1.82, 2.24) is 4.90 Å². The van der Waals surface area contributed by atoms with E-state index in [0.29, 0.717) is 124 Å². The van der Waals surface area contributed by atoms with Crippen molar-refractivity contribution in [3.63, 3.8) is 0 Å². The van der Waals surface area contributed by atoms with E-state index in [9.17, 15) is 22.4 Å². The molecule has 0 saturated carbocycles. The van der Waals surface area contributed by atoms with Gasteiger partial charge >= 0.3 is 5.97 Å². The van der Waals surface area contributed by atoms with Crippen molar-refractivity contribution in [2.45, 2.75) is 37.9 Å². The van der Waals surface area contributed by atoms with Gasteiger partial charge in [-0.1, -0.05) is 36.4 Å². The van der Waals surface area contributed by atoms with Crippen molar-refractivity contribution in [3.05, 3.63) is 100 Å². The number of hydrogen-bond acceptors (Lipinski definition) is 19.